The Morgan fingerprint density at radius 1 is 1.38 bits per heavy atom. The predicted molar refractivity (Wildman–Crippen MR) is 50.7 cm³/mol. The lowest BCUT2D eigenvalue weighted by Gasteiger charge is -2.30. The van der Waals surface area contributed by atoms with Crippen LogP contribution >= 0.6 is 11.6 Å². The van der Waals surface area contributed by atoms with Gasteiger partial charge in [0.1, 0.15) is 11.7 Å². The first kappa shape index (κ1) is 10.5. The molecule has 1 amide bonds. The number of likely N-dealkylation sites (tertiary alicyclic amines) is 1. The van der Waals surface area contributed by atoms with Crippen LogP contribution in [0.25, 0.3) is 0 Å². The number of rotatable bonds is 2. The van der Waals surface area contributed by atoms with Crippen molar-refractivity contribution in [2.24, 2.45) is 5.92 Å². The number of carbonyl (C=O) groups excluding carboxylic acids is 2. The summed E-state index contributed by atoms with van der Waals surface area (Å²) < 4.78 is 0. The number of nitrogens with zero attached hydrogens (tertiary/aromatic N) is 1. The first-order valence-corrected chi connectivity index (χ1v) is 5.02. The van der Waals surface area contributed by atoms with Crippen LogP contribution in [0.5, 0.6) is 0 Å². The summed E-state index contributed by atoms with van der Waals surface area (Å²) in [6.45, 7) is 2.97. The van der Waals surface area contributed by atoms with Gasteiger partial charge in [0.25, 0.3) is 0 Å². The Hall–Kier alpha value is -0.570. The molecule has 0 aromatic heterocycles. The average Bonchev–Trinajstić information content (AvgIpc) is 2.17. The summed E-state index contributed by atoms with van der Waals surface area (Å²) in [4.78, 5) is 23.9. The van der Waals surface area contributed by atoms with Crippen molar-refractivity contribution in [2.75, 3.05) is 19.0 Å². The van der Waals surface area contributed by atoms with Crippen LogP contribution in [0.4, 0.5) is 0 Å². The molecule has 3 nitrogen and oxygen atoms in total. The molecule has 13 heavy (non-hydrogen) atoms. The van der Waals surface area contributed by atoms with Crippen molar-refractivity contribution < 1.29 is 9.59 Å². The topological polar surface area (TPSA) is 37.4 Å². The van der Waals surface area contributed by atoms with Crippen molar-refractivity contribution in [3.8, 4) is 0 Å². The number of hydrogen-bond acceptors (Lipinski definition) is 2. The molecule has 0 radical (unpaired) electrons. The minimum Gasteiger partial charge on any atom is -0.342 e. The molecule has 0 unspecified atom stereocenters. The normalized spacial score (nSPS) is 18.8. The van der Waals surface area contributed by atoms with E-state index in [1.807, 2.05) is 0 Å². The summed E-state index contributed by atoms with van der Waals surface area (Å²) in [5, 5.41) is 0. The van der Waals surface area contributed by atoms with E-state index >= 15 is 0 Å². The number of piperidine rings is 1. The third-order valence-corrected chi connectivity index (χ3v) is 2.77. The third kappa shape index (κ3) is 2.69. The molecule has 1 aliphatic rings. The van der Waals surface area contributed by atoms with Crippen LogP contribution in [0.1, 0.15) is 19.8 Å². The second-order valence-corrected chi connectivity index (χ2v) is 3.67. The maximum absolute atomic E-state index is 11.2. The van der Waals surface area contributed by atoms with E-state index in [4.69, 9.17) is 11.6 Å². The zero-order chi connectivity index (χ0) is 9.84. The number of amides is 1. The number of alkyl halides is 1. The van der Waals surface area contributed by atoms with Crippen LogP contribution < -0.4 is 0 Å². The van der Waals surface area contributed by atoms with Gasteiger partial charge in [0.2, 0.25) is 5.91 Å². The van der Waals surface area contributed by atoms with Crippen molar-refractivity contribution in [2.45, 2.75) is 19.8 Å². The molecule has 1 heterocycles. The molecule has 0 spiro atoms. The van der Waals surface area contributed by atoms with Crippen LogP contribution in [0, 0.1) is 5.92 Å². The van der Waals surface area contributed by atoms with Gasteiger partial charge in [-0.1, -0.05) is 0 Å². The lowest BCUT2D eigenvalue weighted by atomic mass is 9.93. The van der Waals surface area contributed by atoms with E-state index in [1.54, 1.807) is 11.8 Å². The monoisotopic (exact) mass is 203 g/mol. The highest BCUT2D eigenvalue weighted by atomic mass is 35.5. The first-order chi connectivity index (χ1) is 6.15. The van der Waals surface area contributed by atoms with E-state index in [-0.39, 0.29) is 23.5 Å². The molecule has 0 N–H and O–H groups in total. The van der Waals surface area contributed by atoms with Gasteiger partial charge in [-0.3, -0.25) is 9.59 Å². The van der Waals surface area contributed by atoms with Crippen molar-refractivity contribution in [1.29, 1.82) is 0 Å². The summed E-state index contributed by atoms with van der Waals surface area (Å²) in [7, 11) is 0. The highest BCUT2D eigenvalue weighted by Gasteiger charge is 2.24. The minimum absolute atomic E-state index is 0.0244. The summed E-state index contributed by atoms with van der Waals surface area (Å²) in [6, 6.07) is 0. The SMILES string of the molecule is CC(=O)C1CCN(C(=O)CCl)CC1. The van der Waals surface area contributed by atoms with Crippen molar-refractivity contribution in [1.82, 2.24) is 4.90 Å². The van der Waals surface area contributed by atoms with Gasteiger partial charge in [0.05, 0.1) is 0 Å². The summed E-state index contributed by atoms with van der Waals surface area (Å²) in [5.41, 5.74) is 0. The van der Waals surface area contributed by atoms with Gasteiger partial charge in [-0.2, -0.15) is 0 Å². The molecule has 0 aliphatic carbocycles. The van der Waals surface area contributed by atoms with Crippen LogP contribution in [0.2, 0.25) is 0 Å². The summed E-state index contributed by atoms with van der Waals surface area (Å²) >= 11 is 5.43. The lowest BCUT2D eigenvalue weighted by Crippen LogP contribution is -2.40. The van der Waals surface area contributed by atoms with Crippen molar-refractivity contribution in [3.05, 3.63) is 0 Å². The van der Waals surface area contributed by atoms with Gasteiger partial charge in [0, 0.05) is 19.0 Å². The average molecular weight is 204 g/mol. The first-order valence-electron chi connectivity index (χ1n) is 4.49. The number of Topliss-reactive ketones (excluding diaryl/α,β-unsaturated/α-hetero) is 1. The van der Waals surface area contributed by atoms with E-state index < -0.39 is 0 Å². The zero-order valence-electron chi connectivity index (χ0n) is 7.75. The fourth-order valence-electron chi connectivity index (χ4n) is 1.62. The lowest BCUT2D eigenvalue weighted by molar-refractivity contribution is -0.132. The highest BCUT2D eigenvalue weighted by molar-refractivity contribution is 6.27. The van der Waals surface area contributed by atoms with Gasteiger partial charge >= 0.3 is 0 Å². The second kappa shape index (κ2) is 4.61. The number of hydrogen-bond donors (Lipinski definition) is 0. The van der Waals surface area contributed by atoms with E-state index in [0.717, 1.165) is 12.8 Å². The van der Waals surface area contributed by atoms with Gasteiger partial charge < -0.3 is 4.90 Å². The number of halogens is 1. The number of carbonyl (C=O) groups is 2. The molecule has 74 valence electrons. The van der Waals surface area contributed by atoms with Crippen molar-refractivity contribution >= 4 is 23.3 Å². The van der Waals surface area contributed by atoms with E-state index in [0.29, 0.717) is 13.1 Å². The fourth-order valence-corrected chi connectivity index (χ4v) is 1.79. The van der Waals surface area contributed by atoms with Gasteiger partial charge in [-0.15, -0.1) is 11.6 Å². The largest absolute Gasteiger partial charge is 0.342 e. The molecule has 1 saturated heterocycles. The zero-order valence-corrected chi connectivity index (χ0v) is 8.51. The standard InChI is InChI=1S/C9H14ClNO2/c1-7(12)8-2-4-11(5-3-8)9(13)6-10/h8H,2-6H2,1H3. The maximum atomic E-state index is 11.2. The van der Waals surface area contributed by atoms with Crippen LogP contribution in [-0.4, -0.2) is 35.6 Å². The molecular weight excluding hydrogens is 190 g/mol. The Kier molecular flexibility index (Phi) is 3.72. The maximum Gasteiger partial charge on any atom is 0.237 e. The highest BCUT2D eigenvalue weighted by Crippen LogP contribution is 2.17. The number of ketones is 1. The summed E-state index contributed by atoms with van der Waals surface area (Å²) in [6.07, 6.45) is 1.58. The molecule has 0 saturated carbocycles. The molecule has 0 aromatic carbocycles. The predicted octanol–water partition coefficient (Wildman–Crippen LogP) is 1.05. The van der Waals surface area contributed by atoms with E-state index in [9.17, 15) is 9.59 Å². The Morgan fingerprint density at radius 2 is 1.92 bits per heavy atom. The van der Waals surface area contributed by atoms with Crippen LogP contribution in [0.15, 0.2) is 0 Å². The molecule has 0 aromatic rings. The van der Waals surface area contributed by atoms with Crippen LogP contribution in [0.3, 0.4) is 0 Å². The second-order valence-electron chi connectivity index (χ2n) is 3.40. The Balaban J connectivity index is 2.39. The minimum atomic E-state index is -0.0244. The molecule has 1 fully saturated rings. The Morgan fingerprint density at radius 3 is 2.31 bits per heavy atom. The molecule has 1 rings (SSSR count). The molecule has 0 atom stereocenters. The molecule has 0 bridgehead atoms. The van der Waals surface area contributed by atoms with Crippen LogP contribution in [-0.2, 0) is 9.59 Å². The Bertz CT molecular complexity index is 210. The third-order valence-electron chi connectivity index (χ3n) is 2.54. The van der Waals surface area contributed by atoms with E-state index in [2.05, 4.69) is 0 Å². The van der Waals surface area contributed by atoms with Gasteiger partial charge in [-0.25, -0.2) is 0 Å². The smallest absolute Gasteiger partial charge is 0.237 e. The van der Waals surface area contributed by atoms with Crippen molar-refractivity contribution in [3.63, 3.8) is 0 Å². The summed E-state index contributed by atoms with van der Waals surface area (Å²) in [5.74, 6) is 0.408. The Labute approximate surface area is 83.0 Å². The van der Waals surface area contributed by atoms with Gasteiger partial charge in [0.15, 0.2) is 0 Å². The molecule has 4 heteroatoms. The quantitative estimate of drug-likeness (QED) is 0.630. The van der Waals surface area contributed by atoms with E-state index in [1.165, 1.54) is 0 Å². The molecular formula is C9H14ClNO2. The molecule has 1 aliphatic heterocycles. The fraction of sp³-hybridized carbons (Fsp3) is 0.778. The van der Waals surface area contributed by atoms with Gasteiger partial charge in [-0.05, 0) is 19.8 Å².